The van der Waals surface area contributed by atoms with Crippen molar-refractivity contribution in [3.63, 3.8) is 0 Å². The van der Waals surface area contributed by atoms with Gasteiger partial charge in [0.05, 0.1) is 15.8 Å². The molecule has 0 fully saturated rings. The van der Waals surface area contributed by atoms with Crippen molar-refractivity contribution in [1.82, 2.24) is 4.57 Å². The number of nitrogens with zero attached hydrogens (tertiary/aromatic N) is 3. The maximum atomic E-state index is 13.3. The van der Waals surface area contributed by atoms with E-state index >= 15 is 0 Å². The number of aromatic nitrogens is 1. The van der Waals surface area contributed by atoms with Crippen LogP contribution in [0.15, 0.2) is 78.0 Å². The summed E-state index contributed by atoms with van der Waals surface area (Å²) in [6.45, 7) is 3.57. The Hall–Kier alpha value is -4.67. The number of benzene rings is 4. The van der Waals surface area contributed by atoms with Gasteiger partial charge in [-0.3, -0.25) is 10.1 Å². The molecule has 0 saturated heterocycles. The molecule has 0 aliphatic carbocycles. The summed E-state index contributed by atoms with van der Waals surface area (Å²) in [6, 6.07) is 20.0. The van der Waals surface area contributed by atoms with Crippen LogP contribution in [0.4, 0.5) is 23.2 Å². The van der Waals surface area contributed by atoms with Crippen LogP contribution in [0.1, 0.15) is 50.7 Å². The minimum Gasteiger partial charge on any atom is -0.487 e. The van der Waals surface area contributed by atoms with Crippen LogP contribution in [0, 0.1) is 16.0 Å². The second kappa shape index (κ2) is 13.1. The molecule has 0 aliphatic heterocycles. The third-order valence-corrected chi connectivity index (χ3v) is 8.27. The van der Waals surface area contributed by atoms with Crippen LogP contribution in [0.2, 0.25) is 0 Å². The Morgan fingerprint density at radius 3 is 2.29 bits per heavy atom. The highest BCUT2D eigenvalue weighted by atomic mass is 19.3. The van der Waals surface area contributed by atoms with Crippen molar-refractivity contribution in [2.75, 3.05) is 6.61 Å². The average molecular weight is 624 g/mol. The van der Waals surface area contributed by atoms with E-state index in [1.165, 1.54) is 24.3 Å². The number of ether oxygens (including phenoxy) is 1. The van der Waals surface area contributed by atoms with Gasteiger partial charge in [-0.05, 0) is 54.8 Å². The van der Waals surface area contributed by atoms with Gasteiger partial charge in [0.15, 0.2) is 6.61 Å². The predicted octanol–water partition coefficient (Wildman–Crippen LogP) is 9.58. The molecule has 7 nitrogen and oxygen atoms in total. The largest absolute Gasteiger partial charge is 0.487 e. The molecule has 0 bridgehead atoms. The highest BCUT2D eigenvalue weighted by Crippen LogP contribution is 2.40. The van der Waals surface area contributed by atoms with Crippen LogP contribution in [0.25, 0.3) is 32.6 Å². The fourth-order valence-electron chi connectivity index (χ4n) is 5.84. The summed E-state index contributed by atoms with van der Waals surface area (Å²) >= 11 is 0. The van der Waals surface area contributed by atoms with E-state index in [1.807, 2.05) is 24.3 Å². The average Bonchev–Trinajstić information content (AvgIpc) is 3.35. The van der Waals surface area contributed by atoms with Crippen LogP contribution >= 0.6 is 0 Å². The molecule has 5 rings (SSSR count). The number of oxime groups is 1. The van der Waals surface area contributed by atoms with Crippen LogP contribution < -0.4 is 4.74 Å². The van der Waals surface area contributed by atoms with Gasteiger partial charge in [0.25, 0.3) is 5.69 Å². The fourth-order valence-corrected chi connectivity index (χ4v) is 5.84. The number of unbranched alkanes of at least 4 members (excludes halogenated alkanes) is 1. The van der Waals surface area contributed by atoms with Crippen LogP contribution in [0.3, 0.4) is 0 Å². The zero-order chi connectivity index (χ0) is 32.3. The second-order valence-electron chi connectivity index (χ2n) is 11.2. The molecule has 236 valence electrons. The molecule has 0 amide bonds. The van der Waals surface area contributed by atoms with Crippen LogP contribution in [-0.2, 0) is 6.54 Å². The Kier molecular flexibility index (Phi) is 9.27. The minimum atomic E-state index is -4.29. The van der Waals surface area contributed by atoms with E-state index in [-0.39, 0.29) is 22.1 Å². The van der Waals surface area contributed by atoms with Gasteiger partial charge in [-0.2, -0.15) is 8.78 Å². The van der Waals surface area contributed by atoms with Gasteiger partial charge in [0, 0.05) is 45.4 Å². The molecular weight excluding hydrogens is 590 g/mol. The Morgan fingerprint density at radius 2 is 1.67 bits per heavy atom. The highest BCUT2D eigenvalue weighted by Gasteiger charge is 2.41. The van der Waals surface area contributed by atoms with Crippen molar-refractivity contribution < 1.29 is 32.4 Å². The number of non-ortho nitro benzene ring substituents is 1. The molecule has 5 aromatic rings. The minimum absolute atomic E-state index is 0.00960. The molecule has 1 N–H and O–H groups in total. The first-order valence-electron chi connectivity index (χ1n) is 14.8. The number of rotatable bonds is 13. The van der Waals surface area contributed by atoms with Gasteiger partial charge in [-0.25, -0.2) is 8.78 Å². The molecule has 1 aromatic heterocycles. The van der Waals surface area contributed by atoms with E-state index in [0.29, 0.717) is 27.8 Å². The summed E-state index contributed by atoms with van der Waals surface area (Å²) in [5.41, 5.74) is 2.85. The highest BCUT2D eigenvalue weighted by molar-refractivity contribution is 6.22. The Labute approximate surface area is 256 Å². The molecule has 0 radical (unpaired) electrons. The number of nitro benzene ring substituents is 1. The molecule has 4 aromatic carbocycles. The standard InChI is InChI=1S/C34H33F4N3O4/c1-3-5-8-21(4-2)19-40-29-16-13-23(31(39-42)22-11-14-24(15-12-22)45-20-34(37,38)33(35)36)17-27(29)28-18-30(41(43)44)25-9-6-7-10-26(25)32(28)40/h6-7,9-18,21,33,42H,3-5,8,19-20H2,1-2H3. The van der Waals surface area contributed by atoms with Gasteiger partial charge in [-0.15, -0.1) is 0 Å². The molecule has 45 heavy (non-hydrogen) atoms. The van der Waals surface area contributed by atoms with E-state index in [2.05, 4.69) is 23.6 Å². The van der Waals surface area contributed by atoms with Crippen LogP contribution in [-0.4, -0.2) is 39.4 Å². The SMILES string of the molecule is CCCCC(CC)Cn1c2ccc(C(=NO)c3ccc(OCC(F)(F)C(F)F)cc3)cc2c2cc([N+](=O)[O-])c3ccccc3c21. The normalized spacial score (nSPS) is 13.3. The first-order chi connectivity index (χ1) is 21.6. The Bertz CT molecular complexity index is 1870. The summed E-state index contributed by atoms with van der Waals surface area (Å²) in [5, 5.41) is 28.5. The number of nitro groups is 1. The van der Waals surface area contributed by atoms with Gasteiger partial charge in [0.1, 0.15) is 11.5 Å². The number of alkyl halides is 4. The predicted molar refractivity (Wildman–Crippen MR) is 167 cm³/mol. The molecule has 1 atom stereocenters. The van der Waals surface area contributed by atoms with E-state index in [1.54, 1.807) is 24.3 Å². The molecule has 1 heterocycles. The van der Waals surface area contributed by atoms with Gasteiger partial charge < -0.3 is 14.5 Å². The lowest BCUT2D eigenvalue weighted by atomic mass is 9.99. The second-order valence-corrected chi connectivity index (χ2v) is 11.2. The van der Waals surface area contributed by atoms with Gasteiger partial charge in [-0.1, -0.05) is 62.5 Å². The van der Waals surface area contributed by atoms with E-state index < -0.39 is 19.0 Å². The molecule has 1 unspecified atom stereocenters. The Morgan fingerprint density at radius 1 is 0.978 bits per heavy atom. The van der Waals surface area contributed by atoms with Crippen molar-refractivity contribution in [3.05, 3.63) is 94.0 Å². The maximum absolute atomic E-state index is 13.3. The summed E-state index contributed by atoms with van der Waals surface area (Å²) < 4.78 is 58.7. The topological polar surface area (TPSA) is 89.9 Å². The lowest BCUT2D eigenvalue weighted by Gasteiger charge is -2.18. The lowest BCUT2D eigenvalue weighted by Crippen LogP contribution is -2.33. The molecule has 0 aliphatic rings. The van der Waals surface area contributed by atoms with Crippen molar-refractivity contribution in [2.24, 2.45) is 11.1 Å². The van der Waals surface area contributed by atoms with Crippen LogP contribution in [0.5, 0.6) is 5.75 Å². The maximum Gasteiger partial charge on any atom is 0.340 e. The van der Waals surface area contributed by atoms with Crippen molar-refractivity contribution in [3.8, 4) is 5.75 Å². The number of hydrogen-bond acceptors (Lipinski definition) is 5. The molecule has 0 spiro atoms. The number of fused-ring (bicyclic) bond motifs is 5. The van der Waals surface area contributed by atoms with Gasteiger partial charge in [0.2, 0.25) is 0 Å². The third-order valence-electron chi connectivity index (χ3n) is 8.27. The smallest absolute Gasteiger partial charge is 0.340 e. The first kappa shape index (κ1) is 31.7. The summed E-state index contributed by atoms with van der Waals surface area (Å²) in [7, 11) is 0. The molecular formula is C34H33F4N3O4. The molecule has 0 saturated carbocycles. The van der Waals surface area contributed by atoms with E-state index in [9.17, 15) is 32.9 Å². The van der Waals surface area contributed by atoms with Crippen molar-refractivity contribution in [1.29, 1.82) is 0 Å². The van der Waals surface area contributed by atoms with Crippen molar-refractivity contribution in [2.45, 2.75) is 58.4 Å². The summed E-state index contributed by atoms with van der Waals surface area (Å²) in [5.74, 6) is -3.95. The number of hydrogen-bond donors (Lipinski definition) is 1. The zero-order valence-electron chi connectivity index (χ0n) is 24.9. The quantitative estimate of drug-likeness (QED) is 0.0465. The van der Waals surface area contributed by atoms with Gasteiger partial charge >= 0.3 is 12.3 Å². The molecule has 11 heteroatoms. The monoisotopic (exact) mass is 623 g/mol. The third kappa shape index (κ3) is 6.29. The summed E-state index contributed by atoms with van der Waals surface area (Å²) in [6.07, 6.45) is 0.360. The number of halogens is 4. The first-order valence-corrected chi connectivity index (χ1v) is 14.8. The summed E-state index contributed by atoms with van der Waals surface area (Å²) in [4.78, 5) is 11.8. The fraction of sp³-hybridized carbons (Fsp3) is 0.324. The zero-order valence-corrected chi connectivity index (χ0v) is 24.9. The van der Waals surface area contributed by atoms with Crippen molar-refractivity contribution >= 4 is 44.0 Å². The lowest BCUT2D eigenvalue weighted by molar-refractivity contribution is -0.382. The Balaban J connectivity index is 1.62. The van der Waals surface area contributed by atoms with E-state index in [0.717, 1.165) is 54.0 Å². The van der Waals surface area contributed by atoms with E-state index in [4.69, 9.17) is 4.74 Å².